The number of rotatable bonds is 5. The fourth-order valence-electron chi connectivity index (χ4n) is 1.81. The highest BCUT2D eigenvalue weighted by Crippen LogP contribution is 2.27. The number of amides is 1. The summed E-state index contributed by atoms with van der Waals surface area (Å²) < 4.78 is 10.4. The molecule has 0 aromatic heterocycles. The van der Waals surface area contributed by atoms with E-state index in [9.17, 15) is 4.79 Å². The van der Waals surface area contributed by atoms with Crippen LogP contribution in [0.15, 0.2) is 42.5 Å². The van der Waals surface area contributed by atoms with E-state index in [1.807, 2.05) is 6.92 Å². The van der Waals surface area contributed by atoms with Crippen LogP contribution in [0.25, 0.3) is 0 Å². The van der Waals surface area contributed by atoms with E-state index < -0.39 is 0 Å². The average molecular weight is 306 g/mol. The summed E-state index contributed by atoms with van der Waals surface area (Å²) in [5.41, 5.74) is 1.04. The fraction of sp³-hybridized carbons (Fsp3) is 0.188. The van der Waals surface area contributed by atoms with Crippen molar-refractivity contribution in [3.63, 3.8) is 0 Å². The number of methoxy groups -OCH3 is 1. The van der Waals surface area contributed by atoms with Crippen LogP contribution in [0.3, 0.4) is 0 Å². The van der Waals surface area contributed by atoms with E-state index in [0.717, 1.165) is 0 Å². The summed E-state index contributed by atoms with van der Waals surface area (Å²) >= 11 is 6.10. The lowest BCUT2D eigenvalue weighted by molar-refractivity contribution is 0.102. The standard InChI is InChI=1S/C16H16ClNO3/c1-3-21-13-6-4-5-11(9-13)16(19)18-15-8-7-12(20-2)10-14(15)17/h4-10H,3H2,1-2H3,(H,18,19). The van der Waals surface area contributed by atoms with Crippen LogP contribution in [0, 0.1) is 0 Å². The van der Waals surface area contributed by atoms with Gasteiger partial charge in [0, 0.05) is 11.6 Å². The third-order valence-corrected chi connectivity index (χ3v) is 3.14. The van der Waals surface area contributed by atoms with Gasteiger partial charge in [-0.1, -0.05) is 17.7 Å². The highest BCUT2D eigenvalue weighted by molar-refractivity contribution is 6.34. The van der Waals surface area contributed by atoms with E-state index >= 15 is 0 Å². The monoisotopic (exact) mass is 305 g/mol. The second-order valence-corrected chi connectivity index (χ2v) is 4.67. The lowest BCUT2D eigenvalue weighted by Crippen LogP contribution is -2.12. The van der Waals surface area contributed by atoms with E-state index in [4.69, 9.17) is 21.1 Å². The summed E-state index contributed by atoms with van der Waals surface area (Å²) in [6.07, 6.45) is 0. The van der Waals surface area contributed by atoms with Crippen molar-refractivity contribution >= 4 is 23.2 Å². The van der Waals surface area contributed by atoms with Gasteiger partial charge in [0.1, 0.15) is 11.5 Å². The van der Waals surface area contributed by atoms with Gasteiger partial charge in [-0.05, 0) is 37.3 Å². The molecular weight excluding hydrogens is 290 g/mol. The molecule has 110 valence electrons. The van der Waals surface area contributed by atoms with Gasteiger partial charge in [-0.2, -0.15) is 0 Å². The van der Waals surface area contributed by atoms with Gasteiger partial charge in [0.2, 0.25) is 0 Å². The molecule has 0 heterocycles. The van der Waals surface area contributed by atoms with Crippen molar-refractivity contribution in [1.82, 2.24) is 0 Å². The number of nitrogens with one attached hydrogen (secondary N) is 1. The topological polar surface area (TPSA) is 47.6 Å². The Morgan fingerprint density at radius 1 is 1.19 bits per heavy atom. The Labute approximate surface area is 128 Å². The zero-order valence-electron chi connectivity index (χ0n) is 11.9. The van der Waals surface area contributed by atoms with Crippen molar-refractivity contribution < 1.29 is 14.3 Å². The zero-order valence-corrected chi connectivity index (χ0v) is 12.6. The number of benzene rings is 2. The fourth-order valence-corrected chi connectivity index (χ4v) is 2.03. The Morgan fingerprint density at radius 3 is 2.67 bits per heavy atom. The van der Waals surface area contributed by atoms with E-state index in [-0.39, 0.29) is 5.91 Å². The normalized spacial score (nSPS) is 10.0. The minimum atomic E-state index is -0.247. The van der Waals surface area contributed by atoms with Crippen LogP contribution >= 0.6 is 11.6 Å². The summed E-state index contributed by atoms with van der Waals surface area (Å²) in [7, 11) is 1.56. The molecule has 2 aromatic carbocycles. The third-order valence-electron chi connectivity index (χ3n) is 2.83. The summed E-state index contributed by atoms with van der Waals surface area (Å²) in [4.78, 5) is 12.2. The van der Waals surface area contributed by atoms with Crippen molar-refractivity contribution in [2.75, 3.05) is 19.0 Å². The highest BCUT2D eigenvalue weighted by atomic mass is 35.5. The van der Waals surface area contributed by atoms with Crippen LogP contribution in [0.2, 0.25) is 5.02 Å². The van der Waals surface area contributed by atoms with Crippen molar-refractivity contribution in [2.45, 2.75) is 6.92 Å². The number of hydrogen-bond acceptors (Lipinski definition) is 3. The summed E-state index contributed by atoms with van der Waals surface area (Å²) in [6, 6.07) is 12.1. The molecular formula is C16H16ClNO3. The summed E-state index contributed by atoms with van der Waals surface area (Å²) in [6.45, 7) is 2.44. The number of hydrogen-bond donors (Lipinski definition) is 1. The lowest BCUT2D eigenvalue weighted by atomic mass is 10.2. The van der Waals surface area contributed by atoms with E-state index in [0.29, 0.717) is 34.4 Å². The van der Waals surface area contributed by atoms with Gasteiger partial charge in [0.15, 0.2) is 0 Å². The molecule has 0 bridgehead atoms. The highest BCUT2D eigenvalue weighted by Gasteiger charge is 2.10. The Hall–Kier alpha value is -2.20. The maximum absolute atomic E-state index is 12.2. The van der Waals surface area contributed by atoms with Gasteiger partial charge in [-0.15, -0.1) is 0 Å². The SMILES string of the molecule is CCOc1cccc(C(=O)Nc2ccc(OC)cc2Cl)c1. The molecule has 0 atom stereocenters. The summed E-state index contributed by atoms with van der Waals surface area (Å²) in [5, 5.41) is 3.19. The van der Waals surface area contributed by atoms with E-state index in [2.05, 4.69) is 5.32 Å². The number of carbonyl (C=O) groups excluding carboxylic acids is 1. The van der Waals surface area contributed by atoms with E-state index in [1.54, 1.807) is 49.6 Å². The molecule has 0 radical (unpaired) electrons. The molecule has 0 saturated heterocycles. The molecule has 0 aliphatic rings. The molecule has 4 nitrogen and oxygen atoms in total. The van der Waals surface area contributed by atoms with Gasteiger partial charge >= 0.3 is 0 Å². The van der Waals surface area contributed by atoms with Crippen LogP contribution in [0.1, 0.15) is 17.3 Å². The molecule has 5 heteroatoms. The van der Waals surface area contributed by atoms with Crippen molar-refractivity contribution in [2.24, 2.45) is 0 Å². The predicted molar refractivity (Wildman–Crippen MR) is 83.6 cm³/mol. The molecule has 0 unspecified atom stereocenters. The molecule has 0 fully saturated rings. The second kappa shape index (κ2) is 6.99. The van der Waals surface area contributed by atoms with Gasteiger partial charge in [-0.25, -0.2) is 0 Å². The average Bonchev–Trinajstić information content (AvgIpc) is 2.50. The smallest absolute Gasteiger partial charge is 0.255 e. The Bertz CT molecular complexity index is 643. The minimum absolute atomic E-state index is 0.247. The molecule has 2 rings (SSSR count). The first-order chi connectivity index (χ1) is 10.1. The van der Waals surface area contributed by atoms with E-state index in [1.165, 1.54) is 0 Å². The maximum Gasteiger partial charge on any atom is 0.255 e. The van der Waals surface area contributed by atoms with Crippen LogP contribution in [0.4, 0.5) is 5.69 Å². The molecule has 0 aliphatic heterocycles. The molecule has 21 heavy (non-hydrogen) atoms. The first-order valence-corrected chi connectivity index (χ1v) is 6.89. The predicted octanol–water partition coefficient (Wildman–Crippen LogP) is 4.00. The Morgan fingerprint density at radius 2 is 2.00 bits per heavy atom. The second-order valence-electron chi connectivity index (χ2n) is 4.26. The van der Waals surface area contributed by atoms with Gasteiger partial charge < -0.3 is 14.8 Å². The quantitative estimate of drug-likeness (QED) is 0.908. The molecule has 0 saturated carbocycles. The van der Waals surface area contributed by atoms with Crippen LogP contribution in [-0.4, -0.2) is 19.6 Å². The summed E-state index contributed by atoms with van der Waals surface area (Å²) in [5.74, 6) is 1.05. The lowest BCUT2D eigenvalue weighted by Gasteiger charge is -2.10. The minimum Gasteiger partial charge on any atom is -0.497 e. The molecule has 1 amide bonds. The maximum atomic E-state index is 12.2. The molecule has 0 spiro atoms. The van der Waals surface area contributed by atoms with Crippen molar-refractivity contribution in [3.8, 4) is 11.5 Å². The first-order valence-electron chi connectivity index (χ1n) is 6.51. The number of carbonyl (C=O) groups is 1. The molecule has 2 aromatic rings. The van der Waals surface area contributed by atoms with Gasteiger partial charge in [0.05, 0.1) is 24.4 Å². The van der Waals surface area contributed by atoms with Crippen LogP contribution < -0.4 is 14.8 Å². The first kappa shape index (κ1) is 15.2. The zero-order chi connectivity index (χ0) is 15.2. The van der Waals surface area contributed by atoms with Gasteiger partial charge in [-0.3, -0.25) is 4.79 Å². The van der Waals surface area contributed by atoms with Crippen molar-refractivity contribution in [3.05, 3.63) is 53.1 Å². The number of ether oxygens (including phenoxy) is 2. The largest absolute Gasteiger partial charge is 0.497 e. The third kappa shape index (κ3) is 3.89. The number of halogens is 1. The molecule has 0 aliphatic carbocycles. The Balaban J connectivity index is 2.16. The van der Waals surface area contributed by atoms with Crippen molar-refractivity contribution in [1.29, 1.82) is 0 Å². The van der Waals surface area contributed by atoms with Crippen LogP contribution in [0.5, 0.6) is 11.5 Å². The molecule has 1 N–H and O–H groups in total. The van der Waals surface area contributed by atoms with Gasteiger partial charge in [0.25, 0.3) is 5.91 Å². The Kier molecular flexibility index (Phi) is 5.06. The number of anilines is 1. The van der Waals surface area contributed by atoms with Crippen LogP contribution in [-0.2, 0) is 0 Å².